The minimum atomic E-state index is -2.17. The van der Waals surface area contributed by atoms with Gasteiger partial charge in [0.15, 0.2) is 17.9 Å². The number of rotatable bonds is 5. The molecule has 6 atom stereocenters. The zero-order valence-corrected chi connectivity index (χ0v) is 22.3. The Balaban J connectivity index is 1.69. The summed E-state index contributed by atoms with van der Waals surface area (Å²) in [6.07, 6.45) is -4.64. The van der Waals surface area contributed by atoms with Crippen molar-refractivity contribution in [2.24, 2.45) is 5.73 Å². The molecule has 0 saturated carbocycles. The summed E-state index contributed by atoms with van der Waals surface area (Å²) in [5.74, 6) is -2.09. The summed E-state index contributed by atoms with van der Waals surface area (Å²) in [5, 5.41) is 54.4. The molecule has 0 amide bonds. The molecule has 2 aromatic rings. The van der Waals surface area contributed by atoms with Gasteiger partial charge in [0.05, 0.1) is 31.0 Å². The van der Waals surface area contributed by atoms with Crippen molar-refractivity contribution in [3.63, 3.8) is 0 Å². The number of aromatic hydroxyl groups is 2. The minimum absolute atomic E-state index is 0.00231. The summed E-state index contributed by atoms with van der Waals surface area (Å²) >= 11 is 0. The van der Waals surface area contributed by atoms with Gasteiger partial charge in [0, 0.05) is 58.4 Å². The molecule has 0 aromatic heterocycles. The molecule has 1 saturated heterocycles. The van der Waals surface area contributed by atoms with Crippen LogP contribution in [0.5, 0.6) is 17.2 Å². The fourth-order valence-corrected chi connectivity index (χ4v) is 6.30. The molecule has 2 aromatic carbocycles. The molecule has 7 N–H and O–H groups in total. The SMILES string of the molecule is COc1cccc2c1C(=P)c1c(O)c3c(c(O)c1C2=O)C[C@@](O)(C(=O)CO)C[C@@H]3OC1CC(N)C(O)C(C)O1. The van der Waals surface area contributed by atoms with Gasteiger partial charge in [-0.25, -0.2) is 0 Å². The van der Waals surface area contributed by atoms with Gasteiger partial charge in [0.1, 0.15) is 29.5 Å². The highest BCUT2D eigenvalue weighted by Gasteiger charge is 2.49. The van der Waals surface area contributed by atoms with E-state index in [4.69, 9.17) is 19.9 Å². The highest BCUT2D eigenvalue weighted by molar-refractivity contribution is 7.23. The van der Waals surface area contributed by atoms with E-state index in [2.05, 4.69) is 8.86 Å². The lowest BCUT2D eigenvalue weighted by Gasteiger charge is -2.42. The standard InChI is InChI=1S/C27H30NO10P/c1-10-22(31)13(28)6-17(37-10)38-15-8-27(35,16(30)9-29)7-12-18(15)25(34)21-20(24(12)33)23(32)11-4-3-5-14(36-2)19(11)26(21)39/h3-5,10,13,15,17,22,29,31,33-35,39H,6-9,28H2,1-2H3/t10?,13?,15-,17?,22?,27-/m0/s1. The fourth-order valence-electron chi connectivity index (χ4n) is 5.80. The molecule has 39 heavy (non-hydrogen) atoms. The molecule has 0 spiro atoms. The Labute approximate surface area is 226 Å². The van der Waals surface area contributed by atoms with Gasteiger partial charge in [-0.2, -0.15) is 0 Å². The van der Waals surface area contributed by atoms with Crippen LogP contribution in [0.4, 0.5) is 0 Å². The Morgan fingerprint density at radius 2 is 1.95 bits per heavy atom. The predicted octanol–water partition coefficient (Wildman–Crippen LogP) is 0.482. The van der Waals surface area contributed by atoms with Crippen molar-refractivity contribution in [3.8, 4) is 17.2 Å². The van der Waals surface area contributed by atoms with Crippen molar-refractivity contribution in [2.75, 3.05) is 13.7 Å². The van der Waals surface area contributed by atoms with Crippen LogP contribution >= 0.6 is 8.86 Å². The third-order valence-electron chi connectivity index (χ3n) is 7.85. The van der Waals surface area contributed by atoms with Gasteiger partial charge in [-0.15, -0.1) is 8.86 Å². The maximum atomic E-state index is 13.6. The number of Topliss-reactive ketones (excluding diaryl/α,β-unsaturated/α-hetero) is 1. The summed E-state index contributed by atoms with van der Waals surface area (Å²) in [4.78, 5) is 26.3. The Morgan fingerprint density at radius 1 is 1.23 bits per heavy atom. The lowest BCUT2D eigenvalue weighted by Crippen LogP contribution is -2.53. The van der Waals surface area contributed by atoms with Crippen LogP contribution in [0, 0.1) is 0 Å². The Kier molecular flexibility index (Phi) is 7.05. The highest BCUT2D eigenvalue weighted by atomic mass is 31.0. The highest BCUT2D eigenvalue weighted by Crippen LogP contribution is 2.52. The molecule has 3 aliphatic rings. The number of phenols is 2. The van der Waals surface area contributed by atoms with Crippen LogP contribution in [0.3, 0.4) is 0 Å². The third-order valence-corrected chi connectivity index (χ3v) is 8.35. The average molecular weight is 560 g/mol. The number of benzene rings is 2. The number of methoxy groups -OCH3 is 1. The number of nitrogens with two attached hydrogens (primary N) is 1. The quantitative estimate of drug-likeness (QED) is 0.188. The Morgan fingerprint density at radius 3 is 2.59 bits per heavy atom. The summed E-state index contributed by atoms with van der Waals surface area (Å²) in [7, 11) is 4.99. The normalized spacial score (nSPS) is 29.8. The van der Waals surface area contributed by atoms with E-state index in [9.17, 15) is 35.1 Å². The maximum absolute atomic E-state index is 13.6. The smallest absolute Gasteiger partial charge is 0.198 e. The second-order valence-electron chi connectivity index (χ2n) is 10.2. The van der Waals surface area contributed by atoms with Gasteiger partial charge in [-0.05, 0) is 13.0 Å². The molecule has 2 aliphatic carbocycles. The van der Waals surface area contributed by atoms with Gasteiger partial charge in [-0.1, -0.05) is 12.1 Å². The zero-order chi connectivity index (χ0) is 28.4. The number of carbonyl (C=O) groups excluding carboxylic acids is 2. The maximum Gasteiger partial charge on any atom is 0.198 e. The molecule has 1 aliphatic heterocycles. The molecule has 0 bridgehead atoms. The van der Waals surface area contributed by atoms with Gasteiger partial charge in [0.25, 0.3) is 0 Å². The molecule has 1 fully saturated rings. The number of fused-ring (bicyclic) bond motifs is 3. The predicted molar refractivity (Wildman–Crippen MR) is 140 cm³/mol. The van der Waals surface area contributed by atoms with Gasteiger partial charge >= 0.3 is 0 Å². The van der Waals surface area contributed by atoms with Crippen molar-refractivity contribution < 1.29 is 49.3 Å². The average Bonchev–Trinajstić information content (AvgIpc) is 2.90. The van der Waals surface area contributed by atoms with E-state index < -0.39 is 72.3 Å². The summed E-state index contributed by atoms with van der Waals surface area (Å²) < 4.78 is 17.3. The molecule has 208 valence electrons. The number of carbonyl (C=O) groups is 2. The van der Waals surface area contributed by atoms with E-state index in [1.807, 2.05) is 0 Å². The second-order valence-corrected chi connectivity index (χ2v) is 10.7. The lowest BCUT2D eigenvalue weighted by atomic mass is 9.72. The van der Waals surface area contributed by atoms with Gasteiger partial charge < -0.3 is 45.5 Å². The van der Waals surface area contributed by atoms with Crippen molar-refractivity contribution in [3.05, 3.63) is 51.6 Å². The van der Waals surface area contributed by atoms with E-state index in [0.717, 1.165) is 0 Å². The monoisotopic (exact) mass is 559 g/mol. The number of ketones is 2. The molecule has 4 unspecified atom stereocenters. The molecule has 5 rings (SSSR count). The van der Waals surface area contributed by atoms with Crippen LogP contribution in [-0.4, -0.2) is 86.3 Å². The molecule has 0 radical (unpaired) electrons. The first-order valence-electron chi connectivity index (χ1n) is 12.5. The number of hydrogen-bond acceptors (Lipinski definition) is 11. The van der Waals surface area contributed by atoms with E-state index in [-0.39, 0.29) is 46.0 Å². The third kappa shape index (κ3) is 4.25. The first kappa shape index (κ1) is 27.7. The number of ether oxygens (including phenoxy) is 3. The summed E-state index contributed by atoms with van der Waals surface area (Å²) in [6, 6.07) is 4.13. The number of phenolic OH excluding ortho intramolecular Hbond substituents is 2. The number of aliphatic hydroxyl groups excluding tert-OH is 2. The van der Waals surface area contributed by atoms with Crippen molar-refractivity contribution in [2.45, 2.75) is 62.4 Å². The molecule has 11 nitrogen and oxygen atoms in total. The van der Waals surface area contributed by atoms with Crippen molar-refractivity contribution in [1.82, 2.24) is 0 Å². The van der Waals surface area contributed by atoms with Crippen molar-refractivity contribution >= 4 is 25.7 Å². The Bertz CT molecular complexity index is 1380. The molecule has 1 heterocycles. The largest absolute Gasteiger partial charge is 0.507 e. The van der Waals surface area contributed by atoms with E-state index in [1.54, 1.807) is 25.1 Å². The van der Waals surface area contributed by atoms with E-state index in [1.165, 1.54) is 7.11 Å². The molecule has 12 heteroatoms. The zero-order valence-electron chi connectivity index (χ0n) is 21.3. The molecular weight excluding hydrogens is 529 g/mol. The second kappa shape index (κ2) is 9.94. The van der Waals surface area contributed by atoms with Gasteiger partial charge in [0.2, 0.25) is 0 Å². The van der Waals surface area contributed by atoms with E-state index >= 15 is 0 Å². The lowest BCUT2D eigenvalue weighted by molar-refractivity contribution is -0.247. The van der Waals surface area contributed by atoms with Crippen LogP contribution in [-0.2, 0) is 20.7 Å². The van der Waals surface area contributed by atoms with Crippen LogP contribution < -0.4 is 10.5 Å². The first-order valence-corrected chi connectivity index (χ1v) is 13.0. The topological polar surface area (TPSA) is 189 Å². The van der Waals surface area contributed by atoms with Crippen LogP contribution in [0.1, 0.15) is 64.0 Å². The van der Waals surface area contributed by atoms with Gasteiger partial charge in [-0.3, -0.25) is 9.59 Å². The van der Waals surface area contributed by atoms with Crippen LogP contribution in [0.15, 0.2) is 18.2 Å². The van der Waals surface area contributed by atoms with Crippen LogP contribution in [0.2, 0.25) is 0 Å². The van der Waals surface area contributed by atoms with Crippen molar-refractivity contribution in [1.29, 1.82) is 0 Å². The number of aliphatic hydroxyl groups is 3. The minimum Gasteiger partial charge on any atom is -0.507 e. The number of hydrogen-bond donors (Lipinski definition) is 6. The summed E-state index contributed by atoms with van der Waals surface area (Å²) in [6.45, 7) is 0.637. The first-order chi connectivity index (χ1) is 18.4. The van der Waals surface area contributed by atoms with Crippen LogP contribution in [0.25, 0.3) is 0 Å². The fraction of sp³-hybridized carbons (Fsp3) is 0.444. The Hall–Kier alpha value is -2.89. The summed E-state index contributed by atoms with van der Waals surface area (Å²) in [5.41, 5.74) is 4.23. The van der Waals surface area contributed by atoms with E-state index in [0.29, 0.717) is 11.3 Å². The molecular formula is C27H30NO10P.